The summed E-state index contributed by atoms with van der Waals surface area (Å²) < 4.78 is 5.25. The van der Waals surface area contributed by atoms with Crippen LogP contribution in [0.1, 0.15) is 13.3 Å². The minimum Gasteiger partial charge on any atom is -0.481 e. The second-order valence-corrected chi connectivity index (χ2v) is 4.75. The predicted octanol–water partition coefficient (Wildman–Crippen LogP) is -0.218. The van der Waals surface area contributed by atoms with Crippen LogP contribution in [0, 0.1) is 17.2 Å². The molecule has 112 valence electrons. The molecule has 1 atom stereocenters. The van der Waals surface area contributed by atoms with Crippen molar-refractivity contribution < 1.29 is 19.4 Å². The fraction of sp³-hybridized carbons (Fsp3) is 0.769. The standard InChI is InChI=1S/C13H21N3O4/c1-11(13(18)19)12(17)16(4-2-3-14)6-5-15-7-9-20-10-8-15/h11H,2,4-10H2,1H3,(H,18,19). The van der Waals surface area contributed by atoms with E-state index in [-0.39, 0.29) is 13.0 Å². The van der Waals surface area contributed by atoms with Gasteiger partial charge in [0.25, 0.3) is 0 Å². The first-order valence-electron chi connectivity index (χ1n) is 6.75. The molecule has 0 aromatic heterocycles. The summed E-state index contributed by atoms with van der Waals surface area (Å²) in [6.07, 6.45) is 0.210. The lowest BCUT2D eigenvalue weighted by molar-refractivity contribution is -0.150. The quantitative estimate of drug-likeness (QED) is 0.649. The third kappa shape index (κ3) is 5.15. The van der Waals surface area contributed by atoms with E-state index in [1.165, 1.54) is 11.8 Å². The Hall–Kier alpha value is -1.65. The maximum Gasteiger partial charge on any atom is 0.315 e. The van der Waals surface area contributed by atoms with Crippen molar-refractivity contribution >= 4 is 11.9 Å². The Kier molecular flexibility index (Phi) is 6.98. The number of rotatable bonds is 7. The van der Waals surface area contributed by atoms with E-state index in [0.717, 1.165) is 13.1 Å². The van der Waals surface area contributed by atoms with Crippen LogP contribution in [-0.4, -0.2) is 72.7 Å². The molecule has 0 spiro atoms. The highest BCUT2D eigenvalue weighted by Crippen LogP contribution is 2.05. The summed E-state index contributed by atoms with van der Waals surface area (Å²) in [5.74, 6) is -2.64. The number of carboxylic acid groups (broad SMARTS) is 1. The monoisotopic (exact) mass is 283 g/mol. The lowest BCUT2D eigenvalue weighted by Gasteiger charge is -2.30. The number of hydrogen-bond acceptors (Lipinski definition) is 5. The lowest BCUT2D eigenvalue weighted by Crippen LogP contribution is -2.45. The zero-order valence-electron chi connectivity index (χ0n) is 11.7. The maximum atomic E-state index is 12.1. The van der Waals surface area contributed by atoms with Crippen molar-refractivity contribution in [3.05, 3.63) is 0 Å². The first-order chi connectivity index (χ1) is 9.56. The highest BCUT2D eigenvalue weighted by molar-refractivity contribution is 5.96. The number of hydrogen-bond donors (Lipinski definition) is 1. The molecule has 1 heterocycles. The van der Waals surface area contributed by atoms with Crippen LogP contribution in [0.5, 0.6) is 0 Å². The molecule has 0 bridgehead atoms. The fourth-order valence-electron chi connectivity index (χ4n) is 1.98. The Balaban J connectivity index is 2.52. The van der Waals surface area contributed by atoms with Crippen LogP contribution in [0.15, 0.2) is 0 Å². The van der Waals surface area contributed by atoms with Crippen molar-refractivity contribution in [1.29, 1.82) is 5.26 Å². The van der Waals surface area contributed by atoms with Crippen molar-refractivity contribution in [2.45, 2.75) is 13.3 Å². The third-order valence-corrected chi connectivity index (χ3v) is 3.34. The van der Waals surface area contributed by atoms with E-state index in [4.69, 9.17) is 15.1 Å². The third-order valence-electron chi connectivity index (χ3n) is 3.34. The molecule has 7 heteroatoms. The minimum atomic E-state index is -1.14. The molecule has 1 rings (SSSR count). The van der Waals surface area contributed by atoms with Crippen molar-refractivity contribution in [3.8, 4) is 6.07 Å². The molecule has 1 saturated heterocycles. The van der Waals surface area contributed by atoms with Gasteiger partial charge in [-0.3, -0.25) is 14.5 Å². The van der Waals surface area contributed by atoms with E-state index in [0.29, 0.717) is 26.3 Å². The average Bonchev–Trinajstić information content (AvgIpc) is 2.47. The van der Waals surface area contributed by atoms with Gasteiger partial charge in [-0.15, -0.1) is 0 Å². The van der Waals surface area contributed by atoms with Crippen LogP contribution in [-0.2, 0) is 14.3 Å². The van der Waals surface area contributed by atoms with Crippen molar-refractivity contribution in [2.24, 2.45) is 5.92 Å². The fourth-order valence-corrected chi connectivity index (χ4v) is 1.98. The average molecular weight is 283 g/mol. The second kappa shape index (κ2) is 8.51. The van der Waals surface area contributed by atoms with E-state index < -0.39 is 17.8 Å². The summed E-state index contributed by atoms with van der Waals surface area (Å²) in [5, 5.41) is 17.5. The number of nitriles is 1. The molecule has 1 amide bonds. The van der Waals surface area contributed by atoms with Gasteiger partial charge < -0.3 is 14.7 Å². The molecular weight excluding hydrogens is 262 g/mol. The number of aliphatic carboxylic acids is 1. The molecule has 1 fully saturated rings. The Bertz CT molecular complexity index is 374. The topological polar surface area (TPSA) is 93.9 Å². The zero-order chi connectivity index (χ0) is 15.0. The predicted molar refractivity (Wildman–Crippen MR) is 70.9 cm³/mol. The molecule has 0 aromatic carbocycles. The van der Waals surface area contributed by atoms with Gasteiger partial charge >= 0.3 is 5.97 Å². The molecule has 20 heavy (non-hydrogen) atoms. The molecule has 1 aliphatic heterocycles. The normalized spacial score (nSPS) is 17.2. The van der Waals surface area contributed by atoms with Crippen LogP contribution in [0.3, 0.4) is 0 Å². The number of amides is 1. The Morgan fingerprint density at radius 1 is 1.40 bits per heavy atom. The molecule has 7 nitrogen and oxygen atoms in total. The van der Waals surface area contributed by atoms with Crippen LogP contribution in [0.4, 0.5) is 0 Å². The van der Waals surface area contributed by atoms with Crippen LogP contribution in [0.25, 0.3) is 0 Å². The van der Waals surface area contributed by atoms with Crippen molar-refractivity contribution in [1.82, 2.24) is 9.80 Å². The first-order valence-corrected chi connectivity index (χ1v) is 6.75. The summed E-state index contributed by atoms with van der Waals surface area (Å²) in [4.78, 5) is 26.6. The van der Waals surface area contributed by atoms with Crippen LogP contribution in [0.2, 0.25) is 0 Å². The largest absolute Gasteiger partial charge is 0.481 e. The number of carbonyl (C=O) groups is 2. The molecule has 0 saturated carbocycles. The molecular formula is C13H21N3O4. The Labute approximate surface area is 118 Å². The number of nitrogens with zero attached hydrogens (tertiary/aromatic N) is 3. The van der Waals surface area contributed by atoms with E-state index in [2.05, 4.69) is 4.90 Å². The zero-order valence-corrected chi connectivity index (χ0v) is 11.7. The molecule has 1 aliphatic rings. The van der Waals surface area contributed by atoms with Gasteiger partial charge in [-0.2, -0.15) is 5.26 Å². The highest BCUT2D eigenvalue weighted by atomic mass is 16.5. The van der Waals surface area contributed by atoms with Gasteiger partial charge in [0.2, 0.25) is 5.91 Å². The Morgan fingerprint density at radius 3 is 2.60 bits per heavy atom. The highest BCUT2D eigenvalue weighted by Gasteiger charge is 2.26. The molecule has 0 aromatic rings. The van der Waals surface area contributed by atoms with Gasteiger partial charge in [0.15, 0.2) is 0 Å². The van der Waals surface area contributed by atoms with Crippen LogP contribution < -0.4 is 0 Å². The summed E-state index contributed by atoms with van der Waals surface area (Å²) in [5.41, 5.74) is 0. The Morgan fingerprint density at radius 2 is 2.05 bits per heavy atom. The number of morpholine rings is 1. The van der Waals surface area contributed by atoms with Crippen molar-refractivity contribution in [3.63, 3.8) is 0 Å². The smallest absolute Gasteiger partial charge is 0.315 e. The van der Waals surface area contributed by atoms with Crippen molar-refractivity contribution in [2.75, 3.05) is 45.9 Å². The molecule has 0 aliphatic carbocycles. The van der Waals surface area contributed by atoms with Gasteiger partial charge in [-0.1, -0.05) is 0 Å². The van der Waals surface area contributed by atoms with E-state index in [9.17, 15) is 9.59 Å². The van der Waals surface area contributed by atoms with Gasteiger partial charge in [0, 0.05) is 32.7 Å². The first kappa shape index (κ1) is 16.4. The summed E-state index contributed by atoms with van der Waals surface area (Å²) in [6, 6.07) is 1.98. The molecule has 0 radical (unpaired) electrons. The van der Waals surface area contributed by atoms with E-state index in [1.807, 2.05) is 6.07 Å². The van der Waals surface area contributed by atoms with E-state index >= 15 is 0 Å². The molecule has 1 N–H and O–H groups in total. The van der Waals surface area contributed by atoms with Gasteiger partial charge in [-0.05, 0) is 6.92 Å². The summed E-state index contributed by atoms with van der Waals surface area (Å²) in [6.45, 7) is 5.75. The van der Waals surface area contributed by atoms with Gasteiger partial charge in [0.05, 0.1) is 25.7 Å². The van der Waals surface area contributed by atoms with Gasteiger partial charge in [0.1, 0.15) is 5.92 Å². The minimum absolute atomic E-state index is 0.210. The number of carboxylic acids is 1. The maximum absolute atomic E-state index is 12.1. The summed E-state index contributed by atoms with van der Waals surface area (Å²) >= 11 is 0. The van der Waals surface area contributed by atoms with Crippen LogP contribution >= 0.6 is 0 Å². The summed E-state index contributed by atoms with van der Waals surface area (Å²) in [7, 11) is 0. The van der Waals surface area contributed by atoms with E-state index in [1.54, 1.807) is 0 Å². The number of carbonyl (C=O) groups excluding carboxylic acids is 1. The number of ether oxygens (including phenoxy) is 1. The second-order valence-electron chi connectivity index (χ2n) is 4.75. The molecule has 1 unspecified atom stereocenters. The lowest BCUT2D eigenvalue weighted by atomic mass is 10.1. The van der Waals surface area contributed by atoms with Gasteiger partial charge in [-0.25, -0.2) is 0 Å². The SMILES string of the molecule is CC(C(=O)O)C(=O)N(CCC#N)CCN1CCOCC1.